The number of carbonyl (C=O) groups is 2. The predicted molar refractivity (Wildman–Crippen MR) is 86.3 cm³/mol. The van der Waals surface area contributed by atoms with Gasteiger partial charge in [0, 0.05) is 16.5 Å². The molecule has 0 spiro atoms. The van der Waals surface area contributed by atoms with Crippen molar-refractivity contribution >= 4 is 22.7 Å². The Labute approximate surface area is 146 Å². The average molecular weight is 368 g/mol. The van der Waals surface area contributed by atoms with E-state index in [1.165, 1.54) is 37.3 Å². The molecule has 2 aromatic carbocycles. The van der Waals surface area contributed by atoms with E-state index < -0.39 is 30.8 Å². The molecular weight excluding hydrogens is 353 g/mol. The van der Waals surface area contributed by atoms with Crippen molar-refractivity contribution in [2.45, 2.75) is 19.2 Å². The molecular formula is C18H15F3O5. The Morgan fingerprint density at radius 3 is 2.54 bits per heavy atom. The molecule has 0 bridgehead atoms. The number of phenols is 1. The number of halogens is 3. The van der Waals surface area contributed by atoms with E-state index in [9.17, 15) is 27.9 Å². The van der Waals surface area contributed by atoms with Crippen molar-refractivity contribution in [3.8, 4) is 5.75 Å². The fourth-order valence-electron chi connectivity index (χ4n) is 2.19. The van der Waals surface area contributed by atoms with Crippen LogP contribution < -0.4 is 0 Å². The van der Waals surface area contributed by atoms with E-state index in [0.29, 0.717) is 10.8 Å². The molecule has 0 aromatic heterocycles. The highest BCUT2D eigenvalue weighted by atomic mass is 19.4. The maximum absolute atomic E-state index is 13.3. The minimum absolute atomic E-state index is 0.000455. The monoisotopic (exact) mass is 368 g/mol. The number of hydrogen-bond donors (Lipinski definition) is 1. The van der Waals surface area contributed by atoms with Gasteiger partial charge in [0.1, 0.15) is 5.75 Å². The maximum atomic E-state index is 13.3. The zero-order valence-corrected chi connectivity index (χ0v) is 13.7. The number of esters is 2. The van der Waals surface area contributed by atoms with Gasteiger partial charge in [-0.25, -0.2) is 9.59 Å². The number of benzene rings is 2. The lowest BCUT2D eigenvalue weighted by molar-refractivity contribution is -0.225. The van der Waals surface area contributed by atoms with Crippen LogP contribution in [0.2, 0.25) is 0 Å². The molecule has 26 heavy (non-hydrogen) atoms. The van der Waals surface area contributed by atoms with E-state index in [-0.39, 0.29) is 16.9 Å². The molecule has 0 saturated carbocycles. The summed E-state index contributed by atoms with van der Waals surface area (Å²) >= 11 is 0. The van der Waals surface area contributed by atoms with E-state index in [1.54, 1.807) is 0 Å². The van der Waals surface area contributed by atoms with Gasteiger partial charge < -0.3 is 14.6 Å². The summed E-state index contributed by atoms with van der Waals surface area (Å²) in [5, 5.41) is 10.4. The number of phenolic OH excluding ortho intramolecular Hbond substituents is 1. The molecule has 0 aliphatic carbocycles. The van der Waals surface area contributed by atoms with Crippen LogP contribution in [0, 0.1) is 0 Å². The topological polar surface area (TPSA) is 72.8 Å². The van der Waals surface area contributed by atoms with Gasteiger partial charge in [-0.05, 0) is 24.4 Å². The standard InChI is InChI=1S/C18H15F3O5/c1-10(2)17(24)25-9-15(23)26-16(18(19,20)21)12-6-7-13-11(8-12)4-3-5-14(13)22/h3-8,16,22H,1,9H2,2H3. The van der Waals surface area contributed by atoms with Crippen LogP contribution in [0.5, 0.6) is 5.75 Å². The fraction of sp³-hybridized carbons (Fsp3) is 0.222. The number of alkyl halides is 3. The molecule has 0 heterocycles. The van der Waals surface area contributed by atoms with Crippen molar-refractivity contribution < 1.29 is 37.3 Å². The summed E-state index contributed by atoms with van der Waals surface area (Å²) in [5.74, 6) is -2.34. The number of ether oxygens (including phenoxy) is 2. The first-order valence-electron chi connectivity index (χ1n) is 7.40. The van der Waals surface area contributed by atoms with E-state index in [0.717, 1.165) is 6.07 Å². The largest absolute Gasteiger partial charge is 0.507 e. The Balaban J connectivity index is 2.24. The van der Waals surface area contributed by atoms with Crippen LogP contribution >= 0.6 is 0 Å². The molecule has 138 valence electrons. The van der Waals surface area contributed by atoms with Gasteiger partial charge in [-0.1, -0.05) is 30.8 Å². The summed E-state index contributed by atoms with van der Waals surface area (Å²) in [5.41, 5.74) is -0.324. The molecule has 2 aromatic rings. The molecule has 1 N–H and O–H groups in total. The van der Waals surface area contributed by atoms with Gasteiger partial charge in [-0.3, -0.25) is 0 Å². The lowest BCUT2D eigenvalue weighted by atomic mass is 10.0. The molecule has 0 radical (unpaired) electrons. The Morgan fingerprint density at radius 1 is 1.23 bits per heavy atom. The molecule has 0 aliphatic rings. The first-order chi connectivity index (χ1) is 12.1. The van der Waals surface area contributed by atoms with Crippen LogP contribution in [0.1, 0.15) is 18.6 Å². The highest BCUT2D eigenvalue weighted by Gasteiger charge is 2.44. The number of carbonyl (C=O) groups excluding carboxylic acids is 2. The molecule has 1 unspecified atom stereocenters. The molecule has 2 rings (SSSR count). The van der Waals surface area contributed by atoms with Crippen LogP contribution in [-0.4, -0.2) is 29.8 Å². The minimum Gasteiger partial charge on any atom is -0.507 e. The first kappa shape index (κ1) is 19.3. The van der Waals surface area contributed by atoms with Crippen molar-refractivity contribution in [3.05, 3.63) is 54.1 Å². The van der Waals surface area contributed by atoms with Gasteiger partial charge in [0.05, 0.1) is 0 Å². The van der Waals surface area contributed by atoms with Gasteiger partial charge in [0.2, 0.25) is 6.10 Å². The molecule has 1 atom stereocenters. The minimum atomic E-state index is -4.88. The molecule has 0 fully saturated rings. The zero-order chi connectivity index (χ0) is 19.5. The maximum Gasteiger partial charge on any atom is 0.429 e. The molecule has 8 heteroatoms. The number of rotatable bonds is 5. The summed E-state index contributed by atoms with van der Waals surface area (Å²) < 4.78 is 48.9. The second-order valence-electron chi connectivity index (χ2n) is 5.53. The van der Waals surface area contributed by atoms with Crippen LogP contribution in [0.3, 0.4) is 0 Å². The smallest absolute Gasteiger partial charge is 0.429 e. The molecule has 0 saturated heterocycles. The third kappa shape index (κ3) is 4.53. The van der Waals surface area contributed by atoms with Gasteiger partial charge in [0.25, 0.3) is 0 Å². The number of hydrogen-bond acceptors (Lipinski definition) is 5. The summed E-state index contributed by atoms with van der Waals surface area (Å²) in [6.45, 7) is 3.65. The molecule has 0 amide bonds. The third-order valence-electron chi connectivity index (χ3n) is 3.40. The van der Waals surface area contributed by atoms with E-state index in [1.807, 2.05) is 0 Å². The average Bonchev–Trinajstić information content (AvgIpc) is 2.56. The normalized spacial score (nSPS) is 12.5. The van der Waals surface area contributed by atoms with Crippen molar-refractivity contribution in [3.63, 3.8) is 0 Å². The van der Waals surface area contributed by atoms with Crippen molar-refractivity contribution in [2.75, 3.05) is 6.61 Å². The Bertz CT molecular complexity index is 858. The van der Waals surface area contributed by atoms with Crippen molar-refractivity contribution in [1.29, 1.82) is 0 Å². The van der Waals surface area contributed by atoms with Crippen LogP contribution in [0.15, 0.2) is 48.6 Å². The fourth-order valence-corrected chi connectivity index (χ4v) is 2.19. The van der Waals surface area contributed by atoms with Crippen LogP contribution in [-0.2, 0) is 19.1 Å². The summed E-state index contributed by atoms with van der Waals surface area (Å²) in [7, 11) is 0. The van der Waals surface area contributed by atoms with Gasteiger partial charge in [0.15, 0.2) is 6.61 Å². The number of fused-ring (bicyclic) bond motifs is 1. The quantitative estimate of drug-likeness (QED) is 0.642. The predicted octanol–water partition coefficient (Wildman–Crippen LogP) is 3.81. The van der Waals surface area contributed by atoms with E-state index in [2.05, 4.69) is 16.1 Å². The van der Waals surface area contributed by atoms with E-state index >= 15 is 0 Å². The zero-order valence-electron chi connectivity index (χ0n) is 13.7. The highest BCUT2D eigenvalue weighted by molar-refractivity contribution is 5.89. The molecule has 0 aliphatic heterocycles. The van der Waals surface area contributed by atoms with E-state index in [4.69, 9.17) is 0 Å². The summed E-state index contributed by atoms with van der Waals surface area (Å²) in [6.07, 6.45) is -7.41. The van der Waals surface area contributed by atoms with Gasteiger partial charge >= 0.3 is 18.1 Å². The van der Waals surface area contributed by atoms with Crippen molar-refractivity contribution in [2.24, 2.45) is 0 Å². The second kappa shape index (κ2) is 7.47. The molecule has 5 nitrogen and oxygen atoms in total. The summed E-state index contributed by atoms with van der Waals surface area (Å²) in [6, 6.07) is 7.97. The van der Waals surface area contributed by atoms with Gasteiger partial charge in [-0.15, -0.1) is 0 Å². The second-order valence-corrected chi connectivity index (χ2v) is 5.53. The van der Waals surface area contributed by atoms with Gasteiger partial charge in [-0.2, -0.15) is 13.2 Å². The lowest BCUT2D eigenvalue weighted by Gasteiger charge is -2.21. The Hall–Kier alpha value is -3.03. The van der Waals surface area contributed by atoms with Crippen molar-refractivity contribution in [1.82, 2.24) is 0 Å². The van der Waals surface area contributed by atoms with Crippen LogP contribution in [0.25, 0.3) is 10.8 Å². The highest BCUT2D eigenvalue weighted by Crippen LogP contribution is 2.38. The van der Waals surface area contributed by atoms with Crippen LogP contribution in [0.4, 0.5) is 13.2 Å². The SMILES string of the molecule is C=C(C)C(=O)OCC(=O)OC(c1ccc2c(O)cccc2c1)C(F)(F)F. The Kier molecular flexibility index (Phi) is 5.54. The Morgan fingerprint density at radius 2 is 1.92 bits per heavy atom. The third-order valence-corrected chi connectivity index (χ3v) is 3.40. The summed E-state index contributed by atoms with van der Waals surface area (Å²) in [4.78, 5) is 22.9. The number of aromatic hydroxyl groups is 1. The first-order valence-corrected chi connectivity index (χ1v) is 7.40. The lowest BCUT2D eigenvalue weighted by Crippen LogP contribution is -2.28.